The van der Waals surface area contributed by atoms with Gasteiger partial charge in [-0.3, -0.25) is 4.79 Å². The van der Waals surface area contributed by atoms with E-state index in [2.05, 4.69) is 17.6 Å². The summed E-state index contributed by atoms with van der Waals surface area (Å²) in [6.45, 7) is 5.68. The molecule has 0 bridgehead atoms. The number of urea groups is 1. The standard InChI is InChI=1S/C10H20N2O3S/c1-4-16-6-8(3)12-10(15)11-5-7(2)9(13)14/h7-8H,4-6H2,1-3H3,(H,13,14)(H2,11,12,15). The molecule has 6 heteroatoms. The molecule has 16 heavy (non-hydrogen) atoms. The number of rotatable bonds is 7. The first-order valence-corrected chi connectivity index (χ1v) is 6.47. The highest BCUT2D eigenvalue weighted by molar-refractivity contribution is 7.99. The maximum Gasteiger partial charge on any atom is 0.315 e. The third-order valence-corrected chi connectivity index (χ3v) is 3.08. The Kier molecular flexibility index (Phi) is 7.80. The predicted octanol–water partition coefficient (Wildman–Crippen LogP) is 1.15. The van der Waals surface area contributed by atoms with Gasteiger partial charge < -0.3 is 15.7 Å². The van der Waals surface area contributed by atoms with Gasteiger partial charge in [0.2, 0.25) is 0 Å². The summed E-state index contributed by atoms with van der Waals surface area (Å²) >= 11 is 1.75. The fraction of sp³-hybridized carbons (Fsp3) is 0.800. The van der Waals surface area contributed by atoms with Gasteiger partial charge in [0.25, 0.3) is 0 Å². The van der Waals surface area contributed by atoms with Crippen molar-refractivity contribution < 1.29 is 14.7 Å². The molecule has 0 aromatic rings. The lowest BCUT2D eigenvalue weighted by Gasteiger charge is -2.14. The maximum atomic E-state index is 11.3. The van der Waals surface area contributed by atoms with Gasteiger partial charge in [-0.2, -0.15) is 11.8 Å². The Balaban J connectivity index is 3.69. The van der Waals surface area contributed by atoms with Crippen molar-refractivity contribution in [3.8, 4) is 0 Å². The van der Waals surface area contributed by atoms with Crippen molar-refractivity contribution in [2.75, 3.05) is 18.1 Å². The van der Waals surface area contributed by atoms with Crippen LogP contribution in [0.2, 0.25) is 0 Å². The molecule has 3 N–H and O–H groups in total. The largest absolute Gasteiger partial charge is 0.481 e. The minimum absolute atomic E-state index is 0.0880. The van der Waals surface area contributed by atoms with E-state index in [-0.39, 0.29) is 18.6 Å². The fourth-order valence-electron chi connectivity index (χ4n) is 0.944. The lowest BCUT2D eigenvalue weighted by atomic mass is 10.2. The second-order valence-corrected chi connectivity index (χ2v) is 4.97. The van der Waals surface area contributed by atoms with Crippen molar-refractivity contribution in [2.24, 2.45) is 5.92 Å². The Morgan fingerprint density at radius 3 is 2.50 bits per heavy atom. The number of amides is 2. The molecule has 0 spiro atoms. The van der Waals surface area contributed by atoms with E-state index < -0.39 is 11.9 Å². The van der Waals surface area contributed by atoms with E-state index >= 15 is 0 Å². The lowest BCUT2D eigenvalue weighted by Crippen LogP contribution is -2.44. The molecule has 0 aliphatic carbocycles. The van der Waals surface area contributed by atoms with Gasteiger partial charge in [-0.1, -0.05) is 13.8 Å². The second kappa shape index (κ2) is 8.27. The Hall–Kier alpha value is -0.910. The second-order valence-electron chi connectivity index (χ2n) is 3.65. The highest BCUT2D eigenvalue weighted by Gasteiger charge is 2.12. The molecule has 2 atom stereocenters. The Morgan fingerprint density at radius 2 is 2.00 bits per heavy atom. The number of aliphatic carboxylic acids is 1. The van der Waals surface area contributed by atoms with Crippen molar-refractivity contribution >= 4 is 23.8 Å². The van der Waals surface area contributed by atoms with Crippen LogP contribution < -0.4 is 10.6 Å². The monoisotopic (exact) mass is 248 g/mol. The van der Waals surface area contributed by atoms with E-state index in [4.69, 9.17) is 5.11 Å². The van der Waals surface area contributed by atoms with Crippen LogP contribution in [-0.4, -0.2) is 41.2 Å². The molecule has 0 aliphatic rings. The minimum atomic E-state index is -0.908. The SMILES string of the molecule is CCSCC(C)NC(=O)NCC(C)C(=O)O. The van der Waals surface area contributed by atoms with E-state index in [1.54, 1.807) is 18.7 Å². The average molecular weight is 248 g/mol. The summed E-state index contributed by atoms with van der Waals surface area (Å²) in [4.78, 5) is 21.8. The molecule has 0 saturated heterocycles. The van der Waals surface area contributed by atoms with Crippen molar-refractivity contribution in [1.82, 2.24) is 10.6 Å². The third-order valence-electron chi connectivity index (χ3n) is 1.94. The molecule has 0 aromatic carbocycles. The summed E-state index contributed by atoms with van der Waals surface area (Å²) < 4.78 is 0. The summed E-state index contributed by atoms with van der Waals surface area (Å²) in [5.74, 6) is 0.406. The van der Waals surface area contributed by atoms with Gasteiger partial charge in [-0.25, -0.2) is 4.79 Å². The number of carbonyl (C=O) groups is 2. The highest BCUT2D eigenvalue weighted by atomic mass is 32.2. The molecule has 0 aliphatic heterocycles. The van der Waals surface area contributed by atoms with Crippen LogP contribution in [0.1, 0.15) is 20.8 Å². The molecule has 0 aromatic heterocycles. The highest BCUT2D eigenvalue weighted by Crippen LogP contribution is 2.00. The lowest BCUT2D eigenvalue weighted by molar-refractivity contribution is -0.140. The quantitative estimate of drug-likeness (QED) is 0.631. The van der Waals surface area contributed by atoms with Crippen LogP contribution in [0, 0.1) is 5.92 Å². The minimum Gasteiger partial charge on any atom is -0.481 e. The normalized spacial score (nSPS) is 13.9. The third kappa shape index (κ3) is 7.39. The number of hydrogen-bond acceptors (Lipinski definition) is 3. The molecule has 0 heterocycles. The van der Waals surface area contributed by atoms with Crippen LogP contribution in [0.4, 0.5) is 4.79 Å². The Bertz CT molecular complexity index is 236. The topological polar surface area (TPSA) is 78.4 Å². The van der Waals surface area contributed by atoms with Crippen LogP contribution in [0.5, 0.6) is 0 Å². The Morgan fingerprint density at radius 1 is 1.38 bits per heavy atom. The average Bonchev–Trinajstić information content (AvgIpc) is 2.22. The number of carbonyl (C=O) groups excluding carboxylic acids is 1. The van der Waals surface area contributed by atoms with Gasteiger partial charge in [0.1, 0.15) is 0 Å². The van der Waals surface area contributed by atoms with E-state index in [1.807, 2.05) is 6.92 Å². The Labute approximate surface area is 100 Å². The van der Waals surface area contributed by atoms with E-state index in [1.165, 1.54) is 0 Å². The summed E-state index contributed by atoms with van der Waals surface area (Å²) in [7, 11) is 0. The van der Waals surface area contributed by atoms with Gasteiger partial charge in [-0.15, -0.1) is 0 Å². The number of hydrogen-bond donors (Lipinski definition) is 3. The zero-order chi connectivity index (χ0) is 12.6. The van der Waals surface area contributed by atoms with Crippen molar-refractivity contribution in [2.45, 2.75) is 26.8 Å². The molecule has 5 nitrogen and oxygen atoms in total. The number of thioether (sulfide) groups is 1. The molecule has 0 saturated carbocycles. The molecule has 0 rings (SSSR count). The van der Waals surface area contributed by atoms with Crippen LogP contribution in [0.25, 0.3) is 0 Å². The van der Waals surface area contributed by atoms with E-state index in [0.717, 1.165) is 11.5 Å². The van der Waals surface area contributed by atoms with Crippen LogP contribution in [-0.2, 0) is 4.79 Å². The van der Waals surface area contributed by atoms with Gasteiger partial charge in [0.05, 0.1) is 5.92 Å². The van der Waals surface area contributed by atoms with Crippen molar-refractivity contribution in [3.63, 3.8) is 0 Å². The summed E-state index contributed by atoms with van der Waals surface area (Å²) in [6, 6.07) is -0.220. The number of carboxylic acids is 1. The first-order chi connectivity index (χ1) is 7.47. The smallest absolute Gasteiger partial charge is 0.315 e. The van der Waals surface area contributed by atoms with E-state index in [0.29, 0.717) is 0 Å². The first kappa shape index (κ1) is 15.1. The van der Waals surface area contributed by atoms with Crippen molar-refractivity contribution in [1.29, 1.82) is 0 Å². The summed E-state index contributed by atoms with van der Waals surface area (Å²) in [5.41, 5.74) is 0. The first-order valence-electron chi connectivity index (χ1n) is 5.32. The molecule has 0 radical (unpaired) electrons. The van der Waals surface area contributed by atoms with Crippen LogP contribution >= 0.6 is 11.8 Å². The fourth-order valence-corrected chi connectivity index (χ4v) is 1.62. The van der Waals surface area contributed by atoms with Gasteiger partial charge in [-0.05, 0) is 12.7 Å². The molecule has 2 unspecified atom stereocenters. The van der Waals surface area contributed by atoms with Gasteiger partial charge in [0, 0.05) is 18.3 Å². The zero-order valence-electron chi connectivity index (χ0n) is 9.95. The van der Waals surface area contributed by atoms with Crippen LogP contribution in [0.3, 0.4) is 0 Å². The number of carboxylic acid groups (broad SMARTS) is 1. The predicted molar refractivity (Wildman–Crippen MR) is 65.8 cm³/mol. The maximum absolute atomic E-state index is 11.3. The molecule has 2 amide bonds. The molecule has 94 valence electrons. The van der Waals surface area contributed by atoms with Gasteiger partial charge in [0.15, 0.2) is 0 Å². The van der Waals surface area contributed by atoms with Crippen LogP contribution in [0.15, 0.2) is 0 Å². The molecular formula is C10H20N2O3S. The zero-order valence-corrected chi connectivity index (χ0v) is 10.8. The summed E-state index contributed by atoms with van der Waals surface area (Å²) in [6.07, 6.45) is 0. The molecular weight excluding hydrogens is 228 g/mol. The van der Waals surface area contributed by atoms with E-state index in [9.17, 15) is 9.59 Å². The van der Waals surface area contributed by atoms with Crippen molar-refractivity contribution in [3.05, 3.63) is 0 Å². The van der Waals surface area contributed by atoms with Gasteiger partial charge >= 0.3 is 12.0 Å². The summed E-state index contributed by atoms with van der Waals surface area (Å²) in [5, 5.41) is 13.9. The number of nitrogens with one attached hydrogen (secondary N) is 2. The molecule has 0 fully saturated rings.